The molecule has 1 aliphatic heterocycles. The molecule has 0 amide bonds. The summed E-state index contributed by atoms with van der Waals surface area (Å²) in [5.74, 6) is -5.29. The molecule has 13 nitrogen and oxygen atoms in total. The summed E-state index contributed by atoms with van der Waals surface area (Å²) in [5, 5.41) is 84.0. The van der Waals surface area contributed by atoms with Gasteiger partial charge in [0, 0.05) is 0 Å². The maximum atomic E-state index is 11.8. The monoisotopic (exact) mass is 384 g/mol. The van der Waals surface area contributed by atoms with E-state index in [4.69, 9.17) is 15.3 Å². The van der Waals surface area contributed by atoms with Crippen LogP contribution in [0, 0.1) is 0 Å². The topological polar surface area (TPSA) is 235 Å². The van der Waals surface area contributed by atoms with Crippen LogP contribution in [-0.4, -0.2) is 114 Å². The van der Waals surface area contributed by atoms with E-state index < -0.39 is 79.4 Å². The lowest BCUT2D eigenvalue weighted by atomic mass is 9.99. The first-order valence-electron chi connectivity index (χ1n) is 7.22. The summed E-state index contributed by atoms with van der Waals surface area (Å²) in [6.45, 7) is -1.94. The van der Waals surface area contributed by atoms with Crippen LogP contribution in [0.25, 0.3) is 0 Å². The predicted octanol–water partition coefficient (Wildman–Crippen LogP) is -5.63. The third-order valence-electron chi connectivity index (χ3n) is 3.51. The lowest BCUT2D eigenvalue weighted by molar-refractivity contribution is -0.173. The summed E-state index contributed by atoms with van der Waals surface area (Å²) in [6.07, 6.45) is -14.8. The van der Waals surface area contributed by atoms with Crippen LogP contribution in [0.5, 0.6) is 0 Å². The Morgan fingerprint density at radius 1 is 1.00 bits per heavy atom. The van der Waals surface area contributed by atoms with E-state index in [1.165, 1.54) is 0 Å². The third-order valence-corrected chi connectivity index (χ3v) is 3.51. The van der Waals surface area contributed by atoms with Crippen LogP contribution in [0.15, 0.2) is 11.5 Å². The van der Waals surface area contributed by atoms with Crippen molar-refractivity contribution in [3.05, 3.63) is 11.5 Å². The van der Waals surface area contributed by atoms with E-state index in [2.05, 4.69) is 9.47 Å². The number of carbonyl (C=O) groups is 2. The zero-order chi connectivity index (χ0) is 20.2. The van der Waals surface area contributed by atoms with Crippen molar-refractivity contribution in [2.45, 2.75) is 42.7 Å². The molecule has 13 heteroatoms. The van der Waals surface area contributed by atoms with Crippen molar-refractivity contribution in [2.24, 2.45) is 0 Å². The quantitative estimate of drug-likeness (QED) is 0.169. The standard InChI is InChI=1S/C13H20O13/c14-1-3(16)5(18)6(19)7(20)8(21)12(23)26-11-9(22)13(24)25-10(11)4(17)2-15/h3-8,10,14-22H,1-2H2/t3-,4-,5+,6+,7-,8-,10+/m0/s1. The minimum absolute atomic E-state index is 0.943. The van der Waals surface area contributed by atoms with Crippen molar-refractivity contribution in [1.82, 2.24) is 0 Å². The number of esters is 2. The molecule has 0 aromatic heterocycles. The first-order chi connectivity index (χ1) is 12.1. The smallest absolute Gasteiger partial charge is 0.378 e. The van der Waals surface area contributed by atoms with Gasteiger partial charge in [-0.2, -0.15) is 0 Å². The van der Waals surface area contributed by atoms with Crippen molar-refractivity contribution in [1.29, 1.82) is 0 Å². The highest BCUT2D eigenvalue weighted by Gasteiger charge is 2.44. The molecular weight excluding hydrogens is 364 g/mol. The van der Waals surface area contributed by atoms with E-state index >= 15 is 0 Å². The second kappa shape index (κ2) is 9.20. The van der Waals surface area contributed by atoms with Crippen molar-refractivity contribution in [3.8, 4) is 0 Å². The average molecular weight is 384 g/mol. The molecule has 1 aliphatic rings. The number of aliphatic hydroxyl groups excluding tert-OH is 9. The van der Waals surface area contributed by atoms with Crippen molar-refractivity contribution in [3.63, 3.8) is 0 Å². The van der Waals surface area contributed by atoms with Gasteiger partial charge in [-0.1, -0.05) is 0 Å². The molecule has 150 valence electrons. The average Bonchev–Trinajstić information content (AvgIpc) is 2.92. The Labute approximate surface area is 145 Å². The lowest BCUT2D eigenvalue weighted by Gasteiger charge is -2.27. The molecular formula is C13H20O13. The van der Waals surface area contributed by atoms with E-state index in [1.54, 1.807) is 0 Å². The second-order valence-corrected chi connectivity index (χ2v) is 5.38. The lowest BCUT2D eigenvalue weighted by Crippen LogP contribution is -2.52. The molecule has 0 fully saturated rings. The van der Waals surface area contributed by atoms with Crippen LogP contribution in [0.4, 0.5) is 0 Å². The van der Waals surface area contributed by atoms with Crippen LogP contribution < -0.4 is 0 Å². The molecule has 0 saturated carbocycles. The van der Waals surface area contributed by atoms with Crippen molar-refractivity contribution < 1.29 is 65.0 Å². The van der Waals surface area contributed by atoms with Gasteiger partial charge < -0.3 is 55.4 Å². The van der Waals surface area contributed by atoms with Crippen LogP contribution in [-0.2, 0) is 19.1 Å². The molecule has 1 heterocycles. The highest BCUT2D eigenvalue weighted by Crippen LogP contribution is 2.25. The Morgan fingerprint density at radius 3 is 2.08 bits per heavy atom. The number of carbonyl (C=O) groups excluding carboxylic acids is 2. The highest BCUT2D eigenvalue weighted by atomic mass is 16.6. The Kier molecular flexibility index (Phi) is 7.86. The van der Waals surface area contributed by atoms with Gasteiger partial charge in [-0.25, -0.2) is 9.59 Å². The SMILES string of the molecule is O=C1O[C@H]([C@@H](O)CO)C(OC(=O)[C@@H](O)[C@@H](O)[C@H](O)[C@H](O)[C@@H](O)CO)=C1O. The fraction of sp³-hybridized carbons (Fsp3) is 0.692. The molecule has 0 radical (unpaired) electrons. The summed E-state index contributed by atoms with van der Waals surface area (Å²) >= 11 is 0. The normalized spacial score (nSPS) is 24.5. The van der Waals surface area contributed by atoms with Crippen LogP contribution in [0.2, 0.25) is 0 Å². The number of ether oxygens (including phenoxy) is 2. The fourth-order valence-electron chi connectivity index (χ4n) is 1.95. The van der Waals surface area contributed by atoms with Gasteiger partial charge in [0.2, 0.25) is 11.5 Å². The summed E-state index contributed by atoms with van der Waals surface area (Å²) in [4.78, 5) is 23.1. The first-order valence-corrected chi connectivity index (χ1v) is 7.22. The molecule has 7 atom stereocenters. The van der Waals surface area contributed by atoms with E-state index in [0.29, 0.717) is 0 Å². The Bertz CT molecular complexity index is 546. The van der Waals surface area contributed by atoms with E-state index in [0.717, 1.165) is 0 Å². The van der Waals surface area contributed by atoms with Gasteiger partial charge in [-0.3, -0.25) is 0 Å². The maximum absolute atomic E-state index is 11.8. The highest BCUT2D eigenvalue weighted by molar-refractivity contribution is 5.90. The van der Waals surface area contributed by atoms with Gasteiger partial charge in [-0.05, 0) is 0 Å². The van der Waals surface area contributed by atoms with Gasteiger partial charge >= 0.3 is 11.9 Å². The molecule has 0 bridgehead atoms. The largest absolute Gasteiger partial charge is 0.499 e. The number of aliphatic hydroxyl groups is 9. The number of hydrogen-bond acceptors (Lipinski definition) is 13. The molecule has 0 saturated heterocycles. The first kappa shape index (κ1) is 22.2. The molecule has 0 aliphatic carbocycles. The van der Waals surface area contributed by atoms with E-state index in [1.807, 2.05) is 0 Å². The number of hydrogen-bond donors (Lipinski definition) is 9. The molecule has 1 rings (SSSR count). The molecule has 9 N–H and O–H groups in total. The van der Waals surface area contributed by atoms with Gasteiger partial charge in [0.05, 0.1) is 13.2 Å². The van der Waals surface area contributed by atoms with E-state index in [-0.39, 0.29) is 0 Å². The van der Waals surface area contributed by atoms with Crippen LogP contribution in [0.3, 0.4) is 0 Å². The Hall–Kier alpha value is -1.84. The van der Waals surface area contributed by atoms with Crippen molar-refractivity contribution in [2.75, 3.05) is 13.2 Å². The summed E-state index contributed by atoms with van der Waals surface area (Å²) < 4.78 is 8.96. The zero-order valence-electron chi connectivity index (χ0n) is 13.1. The third kappa shape index (κ3) is 4.66. The predicted molar refractivity (Wildman–Crippen MR) is 75.8 cm³/mol. The number of rotatable bonds is 9. The maximum Gasteiger partial charge on any atom is 0.378 e. The van der Waals surface area contributed by atoms with Crippen LogP contribution in [0.1, 0.15) is 0 Å². The molecule has 0 unspecified atom stereocenters. The van der Waals surface area contributed by atoms with Gasteiger partial charge in [0.1, 0.15) is 30.5 Å². The number of cyclic esters (lactones) is 1. The summed E-state index contributed by atoms with van der Waals surface area (Å²) in [6, 6.07) is 0. The van der Waals surface area contributed by atoms with Gasteiger partial charge in [0.15, 0.2) is 12.2 Å². The summed E-state index contributed by atoms with van der Waals surface area (Å²) in [5.41, 5.74) is 0. The Morgan fingerprint density at radius 2 is 1.58 bits per heavy atom. The molecule has 0 aromatic rings. The molecule has 0 aromatic carbocycles. The van der Waals surface area contributed by atoms with Crippen molar-refractivity contribution >= 4 is 11.9 Å². The van der Waals surface area contributed by atoms with Gasteiger partial charge in [-0.15, -0.1) is 0 Å². The van der Waals surface area contributed by atoms with E-state index in [9.17, 15) is 40.2 Å². The minimum atomic E-state index is -2.53. The molecule has 26 heavy (non-hydrogen) atoms. The summed E-state index contributed by atoms with van der Waals surface area (Å²) in [7, 11) is 0. The molecule has 0 spiro atoms. The second-order valence-electron chi connectivity index (χ2n) is 5.38. The Balaban J connectivity index is 2.86. The minimum Gasteiger partial charge on any atom is -0.499 e. The zero-order valence-corrected chi connectivity index (χ0v) is 13.1. The van der Waals surface area contributed by atoms with Gasteiger partial charge in [0.25, 0.3) is 0 Å². The van der Waals surface area contributed by atoms with Crippen LogP contribution >= 0.6 is 0 Å². The fourth-order valence-corrected chi connectivity index (χ4v) is 1.95.